The third-order valence-electron chi connectivity index (χ3n) is 3.18. The van der Waals surface area contributed by atoms with E-state index in [-0.39, 0.29) is 0 Å². The second-order valence-corrected chi connectivity index (χ2v) is 6.97. The number of rotatable bonds is 4. The minimum absolute atomic E-state index is 0.345. The van der Waals surface area contributed by atoms with E-state index in [9.17, 15) is 0 Å². The van der Waals surface area contributed by atoms with Gasteiger partial charge in [-0.3, -0.25) is 4.98 Å². The Morgan fingerprint density at radius 1 is 1.45 bits per heavy atom. The van der Waals surface area contributed by atoms with Crippen molar-refractivity contribution in [1.29, 1.82) is 0 Å². The number of hydrogen-bond donors (Lipinski definition) is 2. The molecule has 1 atom stereocenters. The summed E-state index contributed by atoms with van der Waals surface area (Å²) in [5, 5.41) is 17.2. The molecule has 0 saturated heterocycles. The number of aromatic nitrogens is 7. The van der Waals surface area contributed by atoms with Gasteiger partial charge < -0.3 is 10.3 Å². The number of aromatic amines is 1. The average Bonchev–Trinajstić information content (AvgIpc) is 3.21. The maximum absolute atomic E-state index is 5.52. The fourth-order valence-electron chi connectivity index (χ4n) is 2.22. The van der Waals surface area contributed by atoms with Crippen molar-refractivity contribution >= 4 is 29.5 Å². The van der Waals surface area contributed by atoms with Gasteiger partial charge in [0.15, 0.2) is 11.0 Å². The van der Waals surface area contributed by atoms with Gasteiger partial charge in [-0.05, 0) is 12.1 Å². The van der Waals surface area contributed by atoms with Crippen molar-refractivity contribution in [3.05, 3.63) is 24.5 Å². The fraction of sp³-hybridized carbons (Fsp3) is 0.250. The average molecular weight is 332 g/mol. The van der Waals surface area contributed by atoms with Gasteiger partial charge in [0.1, 0.15) is 0 Å². The Balaban J connectivity index is 1.46. The lowest BCUT2D eigenvalue weighted by Gasteiger charge is -2.06. The monoisotopic (exact) mass is 332 g/mol. The minimum Gasteiger partial charge on any atom is -0.368 e. The second kappa shape index (κ2) is 5.61. The SMILES string of the molecule is Nc1nc(SC[C@H]2Cn3c(nnc3-c3cccnc3)S2)n[nH]1. The van der Waals surface area contributed by atoms with Crippen molar-refractivity contribution in [2.75, 3.05) is 11.5 Å². The van der Waals surface area contributed by atoms with Gasteiger partial charge in [0.25, 0.3) is 0 Å². The number of pyridine rings is 1. The molecule has 112 valence electrons. The number of nitrogens with two attached hydrogens (primary N) is 1. The molecule has 1 aliphatic heterocycles. The number of nitrogens with zero attached hydrogens (tertiary/aromatic N) is 6. The van der Waals surface area contributed by atoms with Crippen LogP contribution in [-0.4, -0.2) is 45.9 Å². The van der Waals surface area contributed by atoms with E-state index in [1.54, 1.807) is 35.9 Å². The van der Waals surface area contributed by atoms with Gasteiger partial charge in [-0.15, -0.1) is 15.3 Å². The fourth-order valence-corrected chi connectivity index (χ4v) is 4.30. The van der Waals surface area contributed by atoms with E-state index in [1.807, 2.05) is 12.1 Å². The Labute approximate surface area is 134 Å². The highest BCUT2D eigenvalue weighted by atomic mass is 32.2. The molecule has 0 radical (unpaired) electrons. The molecule has 3 aromatic heterocycles. The summed E-state index contributed by atoms with van der Waals surface area (Å²) < 4.78 is 2.14. The predicted molar refractivity (Wildman–Crippen MR) is 84.4 cm³/mol. The van der Waals surface area contributed by atoms with Crippen LogP contribution in [0.3, 0.4) is 0 Å². The lowest BCUT2D eigenvalue weighted by Crippen LogP contribution is -2.09. The lowest BCUT2D eigenvalue weighted by molar-refractivity contribution is 0.677. The first kappa shape index (κ1) is 13.6. The van der Waals surface area contributed by atoms with Crippen LogP contribution in [0.25, 0.3) is 11.4 Å². The molecule has 0 fully saturated rings. The molecule has 3 aromatic rings. The second-order valence-electron chi connectivity index (χ2n) is 4.71. The highest BCUT2D eigenvalue weighted by molar-refractivity contribution is 8.03. The normalized spacial score (nSPS) is 16.8. The molecule has 0 saturated carbocycles. The molecule has 0 amide bonds. The zero-order valence-electron chi connectivity index (χ0n) is 11.4. The van der Waals surface area contributed by atoms with E-state index >= 15 is 0 Å². The first-order chi connectivity index (χ1) is 10.8. The summed E-state index contributed by atoms with van der Waals surface area (Å²) >= 11 is 3.31. The van der Waals surface area contributed by atoms with Crippen LogP contribution in [0.15, 0.2) is 34.8 Å². The van der Waals surface area contributed by atoms with E-state index < -0.39 is 0 Å². The molecule has 0 aliphatic carbocycles. The number of hydrogen-bond acceptors (Lipinski definition) is 8. The van der Waals surface area contributed by atoms with Crippen LogP contribution in [0.5, 0.6) is 0 Å². The minimum atomic E-state index is 0.345. The highest BCUT2D eigenvalue weighted by Gasteiger charge is 2.27. The van der Waals surface area contributed by atoms with Crippen molar-refractivity contribution in [2.24, 2.45) is 0 Å². The third kappa shape index (κ3) is 2.55. The summed E-state index contributed by atoms with van der Waals surface area (Å²) in [6, 6.07) is 3.90. The van der Waals surface area contributed by atoms with Crippen molar-refractivity contribution in [2.45, 2.75) is 22.1 Å². The quantitative estimate of drug-likeness (QED) is 0.688. The first-order valence-corrected chi connectivity index (χ1v) is 8.47. The Bertz CT molecular complexity index is 784. The van der Waals surface area contributed by atoms with Crippen LogP contribution in [0.1, 0.15) is 0 Å². The number of thioether (sulfide) groups is 2. The van der Waals surface area contributed by atoms with Gasteiger partial charge in [-0.25, -0.2) is 5.10 Å². The van der Waals surface area contributed by atoms with E-state index in [2.05, 4.69) is 34.9 Å². The van der Waals surface area contributed by atoms with E-state index in [0.717, 1.165) is 28.8 Å². The summed E-state index contributed by atoms with van der Waals surface area (Å²) in [6.45, 7) is 0.865. The summed E-state index contributed by atoms with van der Waals surface area (Å²) in [5.74, 6) is 2.10. The lowest BCUT2D eigenvalue weighted by atomic mass is 10.2. The topological polar surface area (TPSA) is 111 Å². The van der Waals surface area contributed by atoms with E-state index in [0.29, 0.717) is 16.4 Å². The van der Waals surface area contributed by atoms with Crippen molar-refractivity contribution in [3.8, 4) is 11.4 Å². The number of H-pyrrole nitrogens is 1. The summed E-state index contributed by atoms with van der Waals surface area (Å²) in [5.41, 5.74) is 6.51. The summed E-state index contributed by atoms with van der Waals surface area (Å²) in [6.07, 6.45) is 3.56. The molecule has 3 N–H and O–H groups in total. The number of nitrogen functional groups attached to an aromatic ring is 1. The van der Waals surface area contributed by atoms with Gasteiger partial charge >= 0.3 is 0 Å². The van der Waals surface area contributed by atoms with Crippen LogP contribution < -0.4 is 5.73 Å². The Kier molecular flexibility index (Phi) is 3.47. The first-order valence-electron chi connectivity index (χ1n) is 6.60. The molecular formula is C12H12N8S2. The predicted octanol–water partition coefficient (Wildman–Crippen LogP) is 1.31. The molecule has 10 heteroatoms. The standard InChI is InChI=1S/C12H12N8S2/c13-10-15-11(18-17-10)21-6-8-5-20-9(16-19-12(20)22-8)7-2-1-3-14-4-7/h1-4,8H,5-6H2,(H3,13,15,17,18)/t8-/m1/s1. The molecule has 22 heavy (non-hydrogen) atoms. The molecule has 0 aromatic carbocycles. The Morgan fingerprint density at radius 3 is 3.18 bits per heavy atom. The highest BCUT2D eigenvalue weighted by Crippen LogP contribution is 2.36. The van der Waals surface area contributed by atoms with E-state index in [1.165, 1.54) is 0 Å². The van der Waals surface area contributed by atoms with Crippen LogP contribution >= 0.6 is 23.5 Å². The van der Waals surface area contributed by atoms with Crippen molar-refractivity contribution in [3.63, 3.8) is 0 Å². The van der Waals surface area contributed by atoms with Gasteiger partial charge in [-0.1, -0.05) is 23.5 Å². The number of fused-ring (bicyclic) bond motifs is 1. The maximum Gasteiger partial charge on any atom is 0.216 e. The summed E-state index contributed by atoms with van der Waals surface area (Å²) in [4.78, 5) is 8.23. The van der Waals surface area contributed by atoms with Gasteiger partial charge in [0.2, 0.25) is 11.1 Å². The summed E-state index contributed by atoms with van der Waals surface area (Å²) in [7, 11) is 0. The van der Waals surface area contributed by atoms with Gasteiger partial charge in [0, 0.05) is 35.5 Å². The van der Waals surface area contributed by atoms with E-state index in [4.69, 9.17) is 5.73 Å². The molecular weight excluding hydrogens is 320 g/mol. The molecule has 0 spiro atoms. The largest absolute Gasteiger partial charge is 0.368 e. The Morgan fingerprint density at radius 2 is 2.41 bits per heavy atom. The zero-order chi connectivity index (χ0) is 14.9. The molecule has 1 aliphatic rings. The van der Waals surface area contributed by atoms with Crippen molar-refractivity contribution in [1.82, 2.24) is 34.9 Å². The molecule has 0 unspecified atom stereocenters. The molecule has 0 bridgehead atoms. The van der Waals surface area contributed by atoms with Crippen LogP contribution in [0.4, 0.5) is 5.95 Å². The third-order valence-corrected chi connectivity index (χ3v) is 5.56. The molecule has 4 rings (SSSR count). The zero-order valence-corrected chi connectivity index (χ0v) is 13.0. The Hall–Kier alpha value is -2.07. The number of anilines is 1. The molecule has 8 nitrogen and oxygen atoms in total. The van der Waals surface area contributed by atoms with Crippen LogP contribution in [0, 0.1) is 0 Å². The maximum atomic E-state index is 5.52. The smallest absolute Gasteiger partial charge is 0.216 e. The van der Waals surface area contributed by atoms with Crippen LogP contribution in [0.2, 0.25) is 0 Å². The number of nitrogens with one attached hydrogen (secondary N) is 1. The van der Waals surface area contributed by atoms with Gasteiger partial charge in [0.05, 0.1) is 0 Å². The van der Waals surface area contributed by atoms with Gasteiger partial charge in [-0.2, -0.15) is 4.98 Å². The molecule has 4 heterocycles. The van der Waals surface area contributed by atoms with Crippen molar-refractivity contribution < 1.29 is 0 Å². The van der Waals surface area contributed by atoms with Crippen LogP contribution in [-0.2, 0) is 6.54 Å².